The van der Waals surface area contributed by atoms with Gasteiger partial charge in [-0.05, 0) is 17.5 Å². The Kier molecular flexibility index (Phi) is 4.20. The summed E-state index contributed by atoms with van der Waals surface area (Å²) in [5.41, 5.74) is 3.02. The average Bonchev–Trinajstić information content (AvgIpc) is 2.69. The lowest BCUT2D eigenvalue weighted by molar-refractivity contribution is -0.115. The van der Waals surface area contributed by atoms with Crippen molar-refractivity contribution in [3.8, 4) is 0 Å². The first kappa shape index (κ1) is 12.9. The third-order valence-corrected chi connectivity index (χ3v) is 3.53. The van der Waals surface area contributed by atoms with Crippen LogP contribution in [0, 0.1) is 0 Å². The first-order chi connectivity index (χ1) is 8.66. The summed E-state index contributed by atoms with van der Waals surface area (Å²) in [6.45, 7) is 1.58. The molecule has 94 valence electrons. The van der Waals surface area contributed by atoms with Gasteiger partial charge in [-0.3, -0.25) is 9.59 Å². The number of carbonyl (C=O) groups is 2. The van der Waals surface area contributed by atoms with Gasteiger partial charge >= 0.3 is 0 Å². The molecule has 4 heteroatoms. The van der Waals surface area contributed by atoms with Gasteiger partial charge in [0.2, 0.25) is 5.91 Å². The van der Waals surface area contributed by atoms with Crippen molar-refractivity contribution in [3.05, 3.63) is 35.4 Å². The Morgan fingerprint density at radius 1 is 1.50 bits per heavy atom. The molecule has 0 radical (unpaired) electrons. The molecular weight excluding hydrogens is 246 g/mol. The molecule has 0 fully saturated rings. The zero-order chi connectivity index (χ0) is 13.0. The number of fused-ring (bicyclic) bond motifs is 1. The van der Waals surface area contributed by atoms with Gasteiger partial charge in [0.25, 0.3) is 0 Å². The maximum atomic E-state index is 11.3. The quantitative estimate of drug-likeness (QED) is 0.848. The minimum atomic E-state index is 0.0537. The van der Waals surface area contributed by atoms with Crippen molar-refractivity contribution < 1.29 is 9.59 Å². The Bertz CT molecular complexity index is 509. The number of hydrogen-bond donors (Lipinski definition) is 1. The molecule has 1 aromatic rings. The predicted molar refractivity (Wildman–Crippen MR) is 75.6 cm³/mol. The van der Waals surface area contributed by atoms with Crippen LogP contribution in [0.1, 0.15) is 24.5 Å². The van der Waals surface area contributed by atoms with Crippen LogP contribution in [0.25, 0.3) is 6.08 Å². The Hall–Kier alpha value is -1.55. The monoisotopic (exact) mass is 261 g/mol. The Balaban J connectivity index is 1.98. The maximum Gasteiger partial charge on any atom is 0.228 e. The van der Waals surface area contributed by atoms with E-state index < -0.39 is 0 Å². The van der Waals surface area contributed by atoms with Crippen LogP contribution in [-0.2, 0) is 16.0 Å². The topological polar surface area (TPSA) is 46.2 Å². The number of allylic oxidation sites excluding steroid dienone is 1. The van der Waals surface area contributed by atoms with Gasteiger partial charge < -0.3 is 5.32 Å². The molecule has 3 nitrogen and oxygen atoms in total. The lowest BCUT2D eigenvalue weighted by Gasteiger charge is -2.03. The number of anilines is 1. The molecule has 1 aromatic carbocycles. The second kappa shape index (κ2) is 5.87. The van der Waals surface area contributed by atoms with Gasteiger partial charge in [-0.1, -0.05) is 42.1 Å². The molecule has 18 heavy (non-hydrogen) atoms. The van der Waals surface area contributed by atoms with E-state index in [9.17, 15) is 9.59 Å². The molecule has 2 rings (SSSR count). The molecule has 1 aliphatic rings. The molecule has 0 saturated heterocycles. The fourth-order valence-corrected chi connectivity index (χ4v) is 2.44. The lowest BCUT2D eigenvalue weighted by Crippen LogP contribution is -2.04. The molecule has 1 N–H and O–H groups in total. The van der Waals surface area contributed by atoms with Gasteiger partial charge in [-0.25, -0.2) is 0 Å². The summed E-state index contributed by atoms with van der Waals surface area (Å²) < 4.78 is 0. The molecule has 0 spiro atoms. The summed E-state index contributed by atoms with van der Waals surface area (Å²) in [5, 5.41) is 3.02. The number of thioether (sulfide) groups is 1. The van der Waals surface area contributed by atoms with Gasteiger partial charge in [0.15, 0.2) is 5.12 Å². The van der Waals surface area contributed by atoms with Crippen LogP contribution in [0.2, 0.25) is 0 Å². The number of benzene rings is 1. The molecule has 0 aromatic heterocycles. The molecule has 1 heterocycles. The van der Waals surface area contributed by atoms with E-state index in [-0.39, 0.29) is 11.0 Å². The molecule has 0 atom stereocenters. The summed E-state index contributed by atoms with van der Waals surface area (Å²) in [6.07, 6.45) is 5.36. The average molecular weight is 261 g/mol. The summed E-state index contributed by atoms with van der Waals surface area (Å²) in [5.74, 6) is 0.853. The normalized spacial score (nSPS) is 13.7. The van der Waals surface area contributed by atoms with Crippen LogP contribution in [-0.4, -0.2) is 16.8 Å². The highest BCUT2D eigenvalue weighted by molar-refractivity contribution is 8.13. The van der Waals surface area contributed by atoms with E-state index in [0.717, 1.165) is 29.0 Å². The molecule has 0 saturated carbocycles. The molecule has 1 aliphatic heterocycles. The fourth-order valence-electron chi connectivity index (χ4n) is 1.90. The number of rotatable bonds is 4. The van der Waals surface area contributed by atoms with Crippen LogP contribution >= 0.6 is 11.8 Å². The van der Waals surface area contributed by atoms with Crippen molar-refractivity contribution in [2.45, 2.75) is 19.8 Å². The van der Waals surface area contributed by atoms with Crippen LogP contribution in [0.4, 0.5) is 5.69 Å². The van der Waals surface area contributed by atoms with Crippen molar-refractivity contribution in [3.63, 3.8) is 0 Å². The lowest BCUT2D eigenvalue weighted by atomic mass is 10.1. The maximum absolute atomic E-state index is 11.3. The number of hydrogen-bond acceptors (Lipinski definition) is 3. The van der Waals surface area contributed by atoms with Crippen LogP contribution in [0.15, 0.2) is 24.3 Å². The number of nitrogens with one attached hydrogen (secondary N) is 1. The predicted octanol–water partition coefficient (Wildman–Crippen LogP) is 2.86. The highest BCUT2D eigenvalue weighted by atomic mass is 32.2. The zero-order valence-corrected chi connectivity index (χ0v) is 11.0. The second-order valence-electron chi connectivity index (χ2n) is 4.14. The van der Waals surface area contributed by atoms with Gasteiger partial charge in [-0.15, -0.1) is 0 Å². The smallest absolute Gasteiger partial charge is 0.228 e. The highest BCUT2D eigenvalue weighted by Gasteiger charge is 2.18. The third-order valence-electron chi connectivity index (χ3n) is 2.69. The molecule has 0 bridgehead atoms. The minimum absolute atomic E-state index is 0.0537. The standard InChI is InChI=1S/C14H15NO2S/c1-10(16)18-8-3-2-5-11-6-4-7-12-9-13(17)15-14(11)12/h2,4-7H,3,8-9H2,1H3,(H,15,17). The summed E-state index contributed by atoms with van der Waals surface area (Å²) in [4.78, 5) is 22.1. The first-order valence-electron chi connectivity index (χ1n) is 5.88. The SMILES string of the molecule is CC(=O)SCCC=Cc1cccc2c1NC(=O)C2. The van der Waals surface area contributed by atoms with Gasteiger partial charge in [-0.2, -0.15) is 0 Å². The number of carbonyl (C=O) groups excluding carboxylic acids is 2. The first-order valence-corrected chi connectivity index (χ1v) is 6.87. The third kappa shape index (κ3) is 3.23. The van der Waals surface area contributed by atoms with Gasteiger partial charge in [0, 0.05) is 12.7 Å². The Labute approximate surface area is 111 Å². The largest absolute Gasteiger partial charge is 0.325 e. The number of amides is 1. The van der Waals surface area contributed by atoms with Gasteiger partial charge in [0.05, 0.1) is 12.1 Å². The van der Waals surface area contributed by atoms with Crippen LogP contribution in [0.3, 0.4) is 0 Å². The van der Waals surface area contributed by atoms with Crippen molar-refractivity contribution in [2.24, 2.45) is 0 Å². The van der Waals surface area contributed by atoms with Crippen molar-refractivity contribution >= 4 is 34.5 Å². The van der Waals surface area contributed by atoms with E-state index in [4.69, 9.17) is 0 Å². The van der Waals surface area contributed by atoms with Crippen LogP contribution < -0.4 is 5.32 Å². The second-order valence-corrected chi connectivity index (χ2v) is 5.41. The molecule has 0 unspecified atom stereocenters. The summed E-state index contributed by atoms with van der Waals surface area (Å²) >= 11 is 1.33. The van der Waals surface area contributed by atoms with E-state index in [1.165, 1.54) is 11.8 Å². The minimum Gasteiger partial charge on any atom is -0.325 e. The van der Waals surface area contributed by atoms with E-state index in [2.05, 4.69) is 5.32 Å². The van der Waals surface area contributed by atoms with E-state index in [1.807, 2.05) is 30.4 Å². The van der Waals surface area contributed by atoms with E-state index >= 15 is 0 Å². The summed E-state index contributed by atoms with van der Waals surface area (Å²) in [7, 11) is 0. The van der Waals surface area contributed by atoms with Crippen LogP contribution in [0.5, 0.6) is 0 Å². The zero-order valence-electron chi connectivity index (χ0n) is 10.2. The fraction of sp³-hybridized carbons (Fsp3) is 0.286. The van der Waals surface area contributed by atoms with Crippen molar-refractivity contribution in [1.29, 1.82) is 0 Å². The number of para-hydroxylation sites is 1. The molecule has 1 amide bonds. The highest BCUT2D eigenvalue weighted by Crippen LogP contribution is 2.28. The van der Waals surface area contributed by atoms with Crippen molar-refractivity contribution in [2.75, 3.05) is 11.1 Å². The molecular formula is C14H15NO2S. The summed E-state index contributed by atoms with van der Waals surface area (Å²) in [6, 6.07) is 5.92. The Morgan fingerprint density at radius 2 is 2.33 bits per heavy atom. The molecule has 0 aliphatic carbocycles. The van der Waals surface area contributed by atoms with Gasteiger partial charge in [0.1, 0.15) is 0 Å². The van der Waals surface area contributed by atoms with Crippen molar-refractivity contribution in [1.82, 2.24) is 0 Å². The Morgan fingerprint density at radius 3 is 3.11 bits per heavy atom. The van der Waals surface area contributed by atoms with E-state index in [1.54, 1.807) is 6.92 Å². The van der Waals surface area contributed by atoms with E-state index in [0.29, 0.717) is 6.42 Å².